The first-order valence-electron chi connectivity index (χ1n) is 6.93. The van der Waals surface area contributed by atoms with Gasteiger partial charge in [0.15, 0.2) is 5.69 Å². The van der Waals surface area contributed by atoms with Crippen molar-refractivity contribution in [2.45, 2.75) is 6.92 Å². The molecular weight excluding hydrogens is 274 g/mol. The molecule has 0 saturated carbocycles. The minimum absolute atomic E-state index is 0.387. The van der Waals surface area contributed by atoms with E-state index in [9.17, 15) is 0 Å². The number of ether oxygens (including phenoxy) is 1. The Bertz CT molecular complexity index is 842. The van der Waals surface area contributed by atoms with E-state index in [0.717, 1.165) is 22.7 Å². The number of aromatic nitrogens is 2. The topological polar surface area (TPSA) is 50.8 Å². The van der Waals surface area contributed by atoms with Gasteiger partial charge < -0.3 is 4.74 Å². The molecule has 0 saturated heterocycles. The maximum absolute atomic E-state index is 9.16. The lowest BCUT2D eigenvalue weighted by Gasteiger charge is -2.09. The number of hydrogen-bond donors (Lipinski definition) is 0. The molecule has 0 amide bonds. The van der Waals surface area contributed by atoms with Crippen LogP contribution in [-0.2, 0) is 0 Å². The van der Waals surface area contributed by atoms with Gasteiger partial charge in [-0.1, -0.05) is 29.8 Å². The summed E-state index contributed by atoms with van der Waals surface area (Å²) in [6, 6.07) is 19.7. The number of nitriles is 1. The Hall–Kier alpha value is -3.06. The van der Waals surface area contributed by atoms with Gasteiger partial charge in [0, 0.05) is 11.6 Å². The van der Waals surface area contributed by atoms with Gasteiger partial charge in [0.05, 0.1) is 18.5 Å². The van der Waals surface area contributed by atoms with Crippen LogP contribution in [0.1, 0.15) is 11.3 Å². The Kier molecular flexibility index (Phi) is 3.63. The number of methoxy groups -OCH3 is 1. The van der Waals surface area contributed by atoms with Gasteiger partial charge in [-0.15, -0.1) is 0 Å². The molecule has 3 rings (SSSR count). The molecule has 0 unspecified atom stereocenters. The van der Waals surface area contributed by atoms with Crippen molar-refractivity contribution >= 4 is 0 Å². The summed E-state index contributed by atoms with van der Waals surface area (Å²) in [6.45, 7) is 2.04. The Balaban J connectivity index is 2.16. The van der Waals surface area contributed by atoms with Crippen LogP contribution in [0.5, 0.6) is 5.75 Å². The highest BCUT2D eigenvalue weighted by molar-refractivity contribution is 5.65. The van der Waals surface area contributed by atoms with E-state index in [1.54, 1.807) is 17.9 Å². The van der Waals surface area contributed by atoms with Crippen LogP contribution in [-0.4, -0.2) is 16.9 Å². The van der Waals surface area contributed by atoms with Crippen LogP contribution >= 0.6 is 0 Å². The van der Waals surface area contributed by atoms with Gasteiger partial charge in [0.2, 0.25) is 0 Å². The van der Waals surface area contributed by atoms with Crippen molar-refractivity contribution in [3.05, 3.63) is 65.9 Å². The third-order valence-electron chi connectivity index (χ3n) is 3.47. The quantitative estimate of drug-likeness (QED) is 0.738. The fraction of sp³-hybridized carbons (Fsp3) is 0.111. The van der Waals surface area contributed by atoms with Crippen LogP contribution in [0.4, 0.5) is 0 Å². The average molecular weight is 289 g/mol. The van der Waals surface area contributed by atoms with Gasteiger partial charge in [-0.3, -0.25) is 0 Å². The van der Waals surface area contributed by atoms with Gasteiger partial charge in [-0.05, 0) is 31.2 Å². The zero-order valence-electron chi connectivity index (χ0n) is 12.4. The third-order valence-corrected chi connectivity index (χ3v) is 3.47. The number of benzene rings is 2. The normalized spacial score (nSPS) is 10.2. The van der Waals surface area contributed by atoms with Crippen LogP contribution in [0.3, 0.4) is 0 Å². The molecule has 2 aromatic carbocycles. The second-order valence-corrected chi connectivity index (χ2v) is 5.01. The predicted octanol–water partition coefficient (Wildman–Crippen LogP) is 3.73. The Morgan fingerprint density at radius 1 is 1.09 bits per heavy atom. The van der Waals surface area contributed by atoms with E-state index in [-0.39, 0.29) is 0 Å². The first kappa shape index (κ1) is 13.9. The largest absolute Gasteiger partial charge is 0.497 e. The van der Waals surface area contributed by atoms with Crippen LogP contribution in [0, 0.1) is 18.3 Å². The fourth-order valence-electron chi connectivity index (χ4n) is 2.31. The molecule has 0 fully saturated rings. The summed E-state index contributed by atoms with van der Waals surface area (Å²) in [7, 11) is 1.64. The fourth-order valence-corrected chi connectivity index (χ4v) is 2.31. The van der Waals surface area contributed by atoms with Crippen LogP contribution in [0.15, 0.2) is 54.6 Å². The smallest absolute Gasteiger partial charge is 0.163 e. The summed E-state index contributed by atoms with van der Waals surface area (Å²) in [5.74, 6) is 0.771. The van der Waals surface area contributed by atoms with E-state index in [1.165, 1.54) is 5.56 Å². The summed E-state index contributed by atoms with van der Waals surface area (Å²) in [4.78, 5) is 0. The van der Waals surface area contributed by atoms with Gasteiger partial charge in [-0.25, -0.2) is 4.68 Å². The van der Waals surface area contributed by atoms with Crippen molar-refractivity contribution in [1.29, 1.82) is 5.26 Å². The number of rotatable bonds is 3. The molecule has 0 bridgehead atoms. The second-order valence-electron chi connectivity index (χ2n) is 5.01. The molecule has 1 aromatic heterocycles. The Morgan fingerprint density at radius 3 is 2.55 bits per heavy atom. The highest BCUT2D eigenvalue weighted by Gasteiger charge is 2.12. The van der Waals surface area contributed by atoms with E-state index in [0.29, 0.717) is 5.69 Å². The van der Waals surface area contributed by atoms with E-state index >= 15 is 0 Å². The lowest BCUT2D eigenvalue weighted by Crippen LogP contribution is -1.99. The lowest BCUT2D eigenvalue weighted by atomic mass is 10.1. The summed E-state index contributed by atoms with van der Waals surface area (Å²) >= 11 is 0. The molecule has 4 heteroatoms. The Labute approximate surface area is 129 Å². The molecule has 0 radical (unpaired) electrons. The highest BCUT2D eigenvalue weighted by atomic mass is 16.5. The maximum Gasteiger partial charge on any atom is 0.163 e. The van der Waals surface area contributed by atoms with Crippen LogP contribution < -0.4 is 4.74 Å². The van der Waals surface area contributed by atoms with Gasteiger partial charge in [0.25, 0.3) is 0 Å². The molecule has 1 heterocycles. The van der Waals surface area contributed by atoms with E-state index in [2.05, 4.69) is 11.2 Å². The van der Waals surface area contributed by atoms with Crippen molar-refractivity contribution in [2.24, 2.45) is 0 Å². The van der Waals surface area contributed by atoms with Crippen molar-refractivity contribution in [3.63, 3.8) is 0 Å². The second kappa shape index (κ2) is 5.74. The van der Waals surface area contributed by atoms with Crippen molar-refractivity contribution in [3.8, 4) is 28.8 Å². The lowest BCUT2D eigenvalue weighted by molar-refractivity contribution is 0.415. The Morgan fingerprint density at radius 2 is 1.86 bits per heavy atom. The molecule has 0 spiro atoms. The molecule has 0 aliphatic rings. The van der Waals surface area contributed by atoms with Crippen LogP contribution in [0.2, 0.25) is 0 Å². The monoisotopic (exact) mass is 289 g/mol. The maximum atomic E-state index is 9.16. The molecule has 108 valence electrons. The summed E-state index contributed by atoms with van der Waals surface area (Å²) in [6.07, 6.45) is 0. The van der Waals surface area contributed by atoms with Gasteiger partial charge >= 0.3 is 0 Å². The zero-order valence-corrected chi connectivity index (χ0v) is 12.4. The molecule has 0 aliphatic carbocycles. The minimum atomic E-state index is 0.387. The van der Waals surface area contributed by atoms with Crippen molar-refractivity contribution < 1.29 is 4.74 Å². The summed E-state index contributed by atoms with van der Waals surface area (Å²) in [5, 5.41) is 13.5. The summed E-state index contributed by atoms with van der Waals surface area (Å²) in [5.41, 5.74) is 4.30. The molecule has 4 nitrogen and oxygen atoms in total. The predicted molar refractivity (Wildman–Crippen MR) is 85.0 cm³/mol. The number of nitrogens with zero attached hydrogens (tertiary/aromatic N) is 3. The molecule has 22 heavy (non-hydrogen) atoms. The van der Waals surface area contributed by atoms with Crippen molar-refractivity contribution in [2.75, 3.05) is 7.11 Å². The summed E-state index contributed by atoms with van der Waals surface area (Å²) < 4.78 is 7.06. The SMILES string of the molecule is COc1cccc(-c2cc(C#N)nn2-c2ccc(C)cc2)c1. The van der Waals surface area contributed by atoms with Crippen molar-refractivity contribution in [1.82, 2.24) is 9.78 Å². The highest BCUT2D eigenvalue weighted by Crippen LogP contribution is 2.27. The van der Waals surface area contributed by atoms with E-state index in [1.807, 2.05) is 55.5 Å². The van der Waals surface area contributed by atoms with Gasteiger partial charge in [0.1, 0.15) is 11.8 Å². The number of hydrogen-bond acceptors (Lipinski definition) is 3. The molecule has 0 aliphatic heterocycles. The molecule has 0 N–H and O–H groups in total. The third kappa shape index (κ3) is 2.57. The molecule has 3 aromatic rings. The van der Waals surface area contributed by atoms with E-state index in [4.69, 9.17) is 10.00 Å². The van der Waals surface area contributed by atoms with Crippen LogP contribution in [0.25, 0.3) is 16.9 Å². The zero-order chi connectivity index (χ0) is 15.5. The standard InChI is InChI=1S/C18H15N3O/c1-13-6-8-16(9-7-13)21-18(11-15(12-19)20-21)14-4-3-5-17(10-14)22-2/h3-11H,1-2H3. The minimum Gasteiger partial charge on any atom is -0.497 e. The molecular formula is C18H15N3O. The molecule has 0 atom stereocenters. The first-order chi connectivity index (χ1) is 10.7. The van der Waals surface area contributed by atoms with Gasteiger partial charge in [-0.2, -0.15) is 10.4 Å². The number of aryl methyl sites for hydroxylation is 1. The van der Waals surface area contributed by atoms with E-state index < -0.39 is 0 Å². The first-order valence-corrected chi connectivity index (χ1v) is 6.93. The average Bonchev–Trinajstić information content (AvgIpc) is 3.00.